The van der Waals surface area contributed by atoms with Crippen LogP contribution < -0.4 is 5.32 Å². The van der Waals surface area contributed by atoms with Crippen molar-refractivity contribution < 1.29 is 18.8 Å². The molecule has 2 rings (SSSR count). The van der Waals surface area contributed by atoms with Crippen LogP contribution in [-0.2, 0) is 18.8 Å². The molecule has 0 bridgehead atoms. The summed E-state index contributed by atoms with van der Waals surface area (Å²) in [5, 5.41) is 3.03. The van der Waals surface area contributed by atoms with E-state index in [9.17, 15) is 9.59 Å². The molecule has 1 fully saturated rings. The van der Waals surface area contributed by atoms with Crippen molar-refractivity contribution in [3.05, 3.63) is 30.3 Å². The molecule has 1 N–H and O–H groups in total. The number of thioether (sulfide) groups is 1. The normalized spacial score (nSPS) is 21.4. The molecule has 0 spiro atoms. The standard InChI is InChI=1S/C23H37NO4SSi/c1-8-27-22(26)18(14-15-29-17-12-10-9-11-13-17)20-19(21(25)24-20)16(2)28-30(6,7)23(3,4)5/h9-13,16,18-20H,8,14-15H2,1-7H3,(H,24,25)/t16-,18+,19-,20-/m1/s1. The molecule has 1 heterocycles. The summed E-state index contributed by atoms with van der Waals surface area (Å²) in [5.41, 5.74) is 0. The molecule has 0 aliphatic carbocycles. The van der Waals surface area contributed by atoms with E-state index < -0.39 is 8.32 Å². The molecule has 1 aliphatic heterocycles. The Morgan fingerprint density at radius 3 is 2.40 bits per heavy atom. The van der Waals surface area contributed by atoms with Crippen LogP contribution in [0.1, 0.15) is 41.0 Å². The molecular formula is C23H37NO4SSi. The quantitative estimate of drug-likeness (QED) is 0.238. The highest BCUT2D eigenvalue weighted by Gasteiger charge is 2.51. The first-order valence-corrected chi connectivity index (χ1v) is 14.7. The number of carbonyl (C=O) groups excluding carboxylic acids is 2. The van der Waals surface area contributed by atoms with Crippen molar-refractivity contribution in [3.8, 4) is 0 Å². The maximum absolute atomic E-state index is 12.7. The number of ether oxygens (including phenoxy) is 1. The third-order valence-corrected chi connectivity index (χ3v) is 11.9. The predicted molar refractivity (Wildman–Crippen MR) is 125 cm³/mol. The third-order valence-electron chi connectivity index (χ3n) is 6.25. The monoisotopic (exact) mass is 451 g/mol. The summed E-state index contributed by atoms with van der Waals surface area (Å²) in [6, 6.07) is 9.89. The van der Waals surface area contributed by atoms with Gasteiger partial charge in [-0.15, -0.1) is 11.8 Å². The van der Waals surface area contributed by atoms with E-state index in [4.69, 9.17) is 9.16 Å². The van der Waals surface area contributed by atoms with Gasteiger partial charge in [0.1, 0.15) is 0 Å². The van der Waals surface area contributed by atoms with Crippen LogP contribution in [0.25, 0.3) is 0 Å². The maximum atomic E-state index is 12.7. The third kappa shape index (κ3) is 6.11. The average molecular weight is 452 g/mol. The van der Waals surface area contributed by atoms with Crippen molar-refractivity contribution in [2.24, 2.45) is 11.8 Å². The molecule has 7 heteroatoms. The number of β-lactam (4-membered cyclic amide) rings is 1. The predicted octanol–water partition coefficient (Wildman–Crippen LogP) is 4.87. The van der Waals surface area contributed by atoms with Gasteiger partial charge in [0.05, 0.1) is 30.6 Å². The Labute approximate surface area is 186 Å². The fourth-order valence-electron chi connectivity index (χ4n) is 3.50. The lowest BCUT2D eigenvalue weighted by atomic mass is 9.77. The zero-order valence-corrected chi connectivity index (χ0v) is 21.2. The van der Waals surface area contributed by atoms with Crippen LogP contribution in [0, 0.1) is 11.8 Å². The molecule has 0 aromatic heterocycles. The van der Waals surface area contributed by atoms with Crippen LogP contribution in [0.3, 0.4) is 0 Å². The van der Waals surface area contributed by atoms with E-state index in [1.165, 1.54) is 4.90 Å². The highest BCUT2D eigenvalue weighted by molar-refractivity contribution is 7.99. The Morgan fingerprint density at radius 2 is 1.87 bits per heavy atom. The summed E-state index contributed by atoms with van der Waals surface area (Å²) in [6.07, 6.45) is 0.412. The van der Waals surface area contributed by atoms with Gasteiger partial charge in [-0.2, -0.15) is 0 Å². The number of benzene rings is 1. The smallest absolute Gasteiger partial charge is 0.311 e. The van der Waals surface area contributed by atoms with Crippen molar-refractivity contribution in [3.63, 3.8) is 0 Å². The first-order valence-electron chi connectivity index (χ1n) is 10.8. The van der Waals surface area contributed by atoms with Gasteiger partial charge in [0, 0.05) is 4.90 Å². The van der Waals surface area contributed by atoms with E-state index in [-0.39, 0.29) is 40.9 Å². The molecule has 30 heavy (non-hydrogen) atoms. The van der Waals surface area contributed by atoms with Crippen LogP contribution >= 0.6 is 11.8 Å². The first kappa shape index (κ1) is 25.0. The molecule has 4 atom stereocenters. The van der Waals surface area contributed by atoms with Gasteiger partial charge in [-0.3, -0.25) is 9.59 Å². The second kappa shape index (κ2) is 10.3. The van der Waals surface area contributed by atoms with E-state index >= 15 is 0 Å². The fraction of sp³-hybridized carbons (Fsp3) is 0.652. The molecule has 0 saturated carbocycles. The zero-order valence-electron chi connectivity index (χ0n) is 19.4. The van der Waals surface area contributed by atoms with Crippen LogP contribution in [-0.4, -0.2) is 44.7 Å². The topological polar surface area (TPSA) is 64.6 Å². The molecule has 0 unspecified atom stereocenters. The number of hydrogen-bond donors (Lipinski definition) is 1. The number of carbonyl (C=O) groups is 2. The minimum atomic E-state index is -2.02. The Kier molecular flexibility index (Phi) is 8.59. The Balaban J connectivity index is 2.08. The van der Waals surface area contributed by atoms with E-state index in [0.717, 1.165) is 5.75 Å². The minimum Gasteiger partial charge on any atom is -0.466 e. The highest BCUT2D eigenvalue weighted by atomic mass is 32.2. The highest BCUT2D eigenvalue weighted by Crippen LogP contribution is 2.40. The van der Waals surface area contributed by atoms with E-state index in [2.05, 4.69) is 51.3 Å². The second-order valence-electron chi connectivity index (χ2n) is 9.45. The molecule has 1 aromatic rings. The summed E-state index contributed by atoms with van der Waals surface area (Å²) < 4.78 is 11.8. The van der Waals surface area contributed by atoms with Crippen molar-refractivity contribution in [1.82, 2.24) is 5.32 Å². The van der Waals surface area contributed by atoms with E-state index in [1.807, 2.05) is 32.0 Å². The minimum absolute atomic E-state index is 0.0313. The number of rotatable bonds is 10. The second-order valence-corrected chi connectivity index (χ2v) is 15.4. The van der Waals surface area contributed by atoms with Gasteiger partial charge in [0.25, 0.3) is 0 Å². The van der Waals surface area contributed by atoms with Gasteiger partial charge in [-0.05, 0) is 56.3 Å². The first-order chi connectivity index (χ1) is 14.0. The Morgan fingerprint density at radius 1 is 1.23 bits per heavy atom. The van der Waals surface area contributed by atoms with E-state index in [1.54, 1.807) is 11.8 Å². The summed E-state index contributed by atoms with van der Waals surface area (Å²) in [5.74, 6) is -0.175. The molecule has 1 saturated heterocycles. The lowest BCUT2D eigenvalue weighted by molar-refractivity contribution is -0.156. The number of nitrogens with one attached hydrogen (secondary N) is 1. The van der Waals surface area contributed by atoms with Gasteiger partial charge >= 0.3 is 5.97 Å². The van der Waals surface area contributed by atoms with Gasteiger partial charge in [0.2, 0.25) is 5.91 Å². The number of esters is 1. The van der Waals surface area contributed by atoms with Crippen LogP contribution in [0.5, 0.6) is 0 Å². The Hall–Kier alpha value is -1.31. The van der Waals surface area contributed by atoms with Crippen molar-refractivity contribution >= 4 is 32.0 Å². The summed E-state index contributed by atoms with van der Waals surface area (Å²) in [4.78, 5) is 26.4. The zero-order chi connectivity index (χ0) is 22.5. The summed E-state index contributed by atoms with van der Waals surface area (Å²) >= 11 is 1.72. The molecular weight excluding hydrogens is 414 g/mol. The van der Waals surface area contributed by atoms with Crippen LogP contribution in [0.4, 0.5) is 0 Å². The molecule has 1 amide bonds. The SMILES string of the molecule is CCOC(=O)[C@@H](CCSc1ccccc1)[C@H]1NC(=O)[C@@H]1[C@@H](C)O[Si](C)(C)C(C)(C)C. The lowest BCUT2D eigenvalue weighted by Crippen LogP contribution is -2.67. The number of amides is 1. The molecule has 1 aliphatic rings. The largest absolute Gasteiger partial charge is 0.466 e. The molecule has 1 aromatic carbocycles. The van der Waals surface area contributed by atoms with Crippen molar-refractivity contribution in [1.29, 1.82) is 0 Å². The van der Waals surface area contributed by atoms with Gasteiger partial charge in [0.15, 0.2) is 8.32 Å². The lowest BCUT2D eigenvalue weighted by Gasteiger charge is -2.47. The van der Waals surface area contributed by atoms with E-state index in [0.29, 0.717) is 13.0 Å². The van der Waals surface area contributed by atoms with Crippen LogP contribution in [0.2, 0.25) is 18.1 Å². The molecule has 168 valence electrons. The van der Waals surface area contributed by atoms with Gasteiger partial charge in [-0.25, -0.2) is 0 Å². The fourth-order valence-corrected chi connectivity index (χ4v) is 5.89. The van der Waals surface area contributed by atoms with Gasteiger partial charge in [-0.1, -0.05) is 39.0 Å². The van der Waals surface area contributed by atoms with Crippen molar-refractivity contribution in [2.75, 3.05) is 12.4 Å². The van der Waals surface area contributed by atoms with Gasteiger partial charge < -0.3 is 14.5 Å². The van der Waals surface area contributed by atoms with Crippen molar-refractivity contribution in [2.45, 2.75) is 76.2 Å². The molecule has 0 radical (unpaired) electrons. The average Bonchev–Trinajstić information content (AvgIpc) is 2.63. The Bertz CT molecular complexity index is 720. The summed E-state index contributed by atoms with van der Waals surface area (Å²) in [6.45, 7) is 15.1. The van der Waals surface area contributed by atoms with Crippen LogP contribution in [0.15, 0.2) is 35.2 Å². The molecule has 5 nitrogen and oxygen atoms in total. The maximum Gasteiger partial charge on any atom is 0.311 e. The summed E-state index contributed by atoms with van der Waals surface area (Å²) in [7, 11) is -2.02. The number of hydrogen-bond acceptors (Lipinski definition) is 5.